The van der Waals surface area contributed by atoms with E-state index in [1.807, 2.05) is 67.5 Å². The van der Waals surface area contributed by atoms with E-state index in [2.05, 4.69) is 15.4 Å². The van der Waals surface area contributed by atoms with Gasteiger partial charge in [-0.2, -0.15) is 0 Å². The topological polar surface area (TPSA) is 92.5 Å². The molecule has 0 unspecified atom stereocenters. The maximum absolute atomic E-state index is 12.5. The van der Waals surface area contributed by atoms with Crippen LogP contribution in [0.1, 0.15) is 16.2 Å². The van der Waals surface area contributed by atoms with E-state index in [0.29, 0.717) is 18.0 Å². The lowest BCUT2D eigenvalue weighted by molar-refractivity contribution is 0.0940. The molecule has 0 bridgehead atoms. The zero-order chi connectivity index (χ0) is 24.2. The van der Waals surface area contributed by atoms with E-state index in [1.165, 1.54) is 23.1 Å². The number of amides is 1. The second-order valence-corrected chi connectivity index (χ2v) is 8.40. The molecule has 1 heterocycles. The van der Waals surface area contributed by atoms with Gasteiger partial charge in [-0.15, -0.1) is 5.10 Å². The summed E-state index contributed by atoms with van der Waals surface area (Å²) in [5.74, 6) is 0.769. The number of carbonyl (C=O) groups is 1. The summed E-state index contributed by atoms with van der Waals surface area (Å²) in [5, 5.41) is 16.8. The Kier molecular flexibility index (Phi) is 6.90. The molecule has 10 heteroatoms. The summed E-state index contributed by atoms with van der Waals surface area (Å²) in [6.07, 6.45) is 1.37. The van der Waals surface area contributed by atoms with E-state index >= 15 is 0 Å². The summed E-state index contributed by atoms with van der Waals surface area (Å²) in [6.45, 7) is 0.294. The van der Waals surface area contributed by atoms with Crippen LogP contribution in [0.25, 0.3) is 5.69 Å². The predicted molar refractivity (Wildman–Crippen MR) is 131 cm³/mol. The number of aromatic hydroxyl groups is 1. The molecule has 3 aromatic carbocycles. The fraction of sp³-hybridized carbons (Fsp3) is 0.125. The Morgan fingerprint density at radius 1 is 1.03 bits per heavy atom. The highest BCUT2D eigenvalue weighted by atomic mass is 35.5. The smallest absolute Gasteiger partial charge is 0.291 e. The Morgan fingerprint density at radius 2 is 1.62 bits per heavy atom. The van der Waals surface area contributed by atoms with E-state index in [9.17, 15) is 9.90 Å². The number of benzene rings is 3. The van der Waals surface area contributed by atoms with Crippen LogP contribution in [0.3, 0.4) is 0 Å². The molecule has 0 saturated carbocycles. The maximum Gasteiger partial charge on any atom is 0.291 e. The number of aromatic nitrogens is 3. The zero-order valence-electron chi connectivity index (χ0n) is 18.4. The predicted octanol–water partition coefficient (Wildman–Crippen LogP) is 5.07. The molecular formula is C24H21Cl2N5O3. The number of nitrogens with one attached hydrogen (secondary N) is 1. The minimum absolute atomic E-state index is 0.0126. The number of ether oxygens (including phenoxy) is 1. The summed E-state index contributed by atoms with van der Waals surface area (Å²) in [5.41, 5.74) is 2.44. The minimum atomic E-state index is -0.434. The highest BCUT2D eigenvalue weighted by Gasteiger charge is 2.14. The molecule has 0 aliphatic carbocycles. The van der Waals surface area contributed by atoms with Crippen molar-refractivity contribution in [1.82, 2.24) is 20.1 Å². The van der Waals surface area contributed by atoms with Gasteiger partial charge in [-0.3, -0.25) is 4.79 Å². The van der Waals surface area contributed by atoms with Crippen molar-refractivity contribution in [2.24, 2.45) is 0 Å². The Hall–Kier alpha value is -3.75. The summed E-state index contributed by atoms with van der Waals surface area (Å²) < 4.78 is 7.22. The Labute approximate surface area is 206 Å². The van der Waals surface area contributed by atoms with Crippen LogP contribution < -0.4 is 15.0 Å². The van der Waals surface area contributed by atoms with E-state index in [-0.39, 0.29) is 21.6 Å². The molecule has 1 amide bonds. The molecule has 2 N–H and O–H groups in total. The van der Waals surface area contributed by atoms with Crippen molar-refractivity contribution >= 4 is 34.8 Å². The van der Waals surface area contributed by atoms with Gasteiger partial charge < -0.3 is 20.1 Å². The molecule has 0 fully saturated rings. The Morgan fingerprint density at radius 3 is 2.21 bits per heavy atom. The first kappa shape index (κ1) is 23.4. The molecule has 0 radical (unpaired) electrons. The van der Waals surface area contributed by atoms with E-state index in [4.69, 9.17) is 27.9 Å². The first-order valence-electron chi connectivity index (χ1n) is 10.2. The normalized spacial score (nSPS) is 10.7. The van der Waals surface area contributed by atoms with Crippen molar-refractivity contribution in [2.75, 3.05) is 19.0 Å². The second kappa shape index (κ2) is 10.0. The van der Waals surface area contributed by atoms with Gasteiger partial charge in [0.05, 0.1) is 15.7 Å². The van der Waals surface area contributed by atoms with Gasteiger partial charge in [0.15, 0.2) is 5.75 Å². The molecule has 0 atom stereocenters. The van der Waals surface area contributed by atoms with Gasteiger partial charge >= 0.3 is 0 Å². The van der Waals surface area contributed by atoms with E-state index in [1.54, 1.807) is 0 Å². The van der Waals surface area contributed by atoms with Crippen molar-refractivity contribution in [1.29, 1.82) is 0 Å². The van der Waals surface area contributed by atoms with Crippen molar-refractivity contribution in [3.63, 3.8) is 0 Å². The van der Waals surface area contributed by atoms with Crippen LogP contribution in [0.4, 0.5) is 5.69 Å². The van der Waals surface area contributed by atoms with Crippen molar-refractivity contribution in [2.45, 2.75) is 6.54 Å². The van der Waals surface area contributed by atoms with Gasteiger partial charge in [0, 0.05) is 26.3 Å². The lowest BCUT2D eigenvalue weighted by Crippen LogP contribution is -2.24. The minimum Gasteiger partial charge on any atom is -0.505 e. The Balaban J connectivity index is 1.34. The molecular weight excluding hydrogens is 477 g/mol. The SMILES string of the molecule is CN(C)c1ccc(Oc2ccc(CNC(=O)c3ncn(-c4cc(Cl)c(O)c(Cl)c4)n3)cc2)cc1. The number of hydrogen-bond acceptors (Lipinski definition) is 6. The number of anilines is 1. The van der Waals surface area contributed by atoms with Gasteiger partial charge in [-0.25, -0.2) is 9.67 Å². The molecule has 34 heavy (non-hydrogen) atoms. The van der Waals surface area contributed by atoms with Crippen LogP contribution in [0.5, 0.6) is 17.2 Å². The molecule has 4 rings (SSSR count). The van der Waals surface area contributed by atoms with Crippen LogP contribution in [0.2, 0.25) is 10.0 Å². The summed E-state index contributed by atoms with van der Waals surface area (Å²) >= 11 is 11.9. The molecule has 0 spiro atoms. The number of hydrogen-bond donors (Lipinski definition) is 2. The third-order valence-electron chi connectivity index (χ3n) is 4.93. The molecule has 0 aliphatic heterocycles. The molecule has 8 nitrogen and oxygen atoms in total. The average molecular weight is 498 g/mol. The van der Waals surface area contributed by atoms with Crippen LogP contribution in [-0.4, -0.2) is 39.9 Å². The largest absolute Gasteiger partial charge is 0.505 e. The fourth-order valence-electron chi connectivity index (χ4n) is 3.06. The van der Waals surface area contributed by atoms with Crippen molar-refractivity contribution in [3.8, 4) is 22.9 Å². The molecule has 174 valence electrons. The lowest BCUT2D eigenvalue weighted by Gasteiger charge is -2.13. The van der Waals surface area contributed by atoms with Crippen LogP contribution in [0.15, 0.2) is 67.0 Å². The van der Waals surface area contributed by atoms with Crippen LogP contribution in [0, 0.1) is 0 Å². The monoisotopic (exact) mass is 497 g/mol. The first-order valence-corrected chi connectivity index (χ1v) is 11.0. The van der Waals surface area contributed by atoms with Crippen LogP contribution in [-0.2, 0) is 6.54 Å². The Bertz CT molecular complexity index is 1280. The molecule has 0 aliphatic rings. The number of rotatable bonds is 7. The summed E-state index contributed by atoms with van der Waals surface area (Å²) in [7, 11) is 3.97. The third kappa shape index (κ3) is 5.41. The number of halogens is 2. The fourth-order valence-corrected chi connectivity index (χ4v) is 3.54. The van der Waals surface area contributed by atoms with Crippen LogP contribution >= 0.6 is 23.2 Å². The first-order chi connectivity index (χ1) is 16.3. The molecule has 4 aromatic rings. The van der Waals surface area contributed by atoms with Gasteiger partial charge in [0.1, 0.15) is 17.8 Å². The highest BCUT2D eigenvalue weighted by molar-refractivity contribution is 6.37. The lowest BCUT2D eigenvalue weighted by atomic mass is 10.2. The van der Waals surface area contributed by atoms with Crippen molar-refractivity contribution in [3.05, 3.63) is 88.4 Å². The van der Waals surface area contributed by atoms with Crippen molar-refractivity contribution < 1.29 is 14.6 Å². The second-order valence-electron chi connectivity index (χ2n) is 7.59. The number of phenolic OH excluding ortho intramolecular Hbond substituents is 1. The molecule has 0 saturated heterocycles. The van der Waals surface area contributed by atoms with Gasteiger partial charge in [-0.05, 0) is 54.1 Å². The number of carbonyl (C=O) groups excluding carboxylic acids is 1. The summed E-state index contributed by atoms with van der Waals surface area (Å²) in [6, 6.07) is 18.2. The number of phenols is 1. The zero-order valence-corrected chi connectivity index (χ0v) is 19.9. The van der Waals surface area contributed by atoms with Gasteiger partial charge in [-0.1, -0.05) is 35.3 Å². The van der Waals surface area contributed by atoms with E-state index in [0.717, 1.165) is 17.0 Å². The molecule has 1 aromatic heterocycles. The number of nitrogens with zero attached hydrogens (tertiary/aromatic N) is 4. The van der Waals surface area contributed by atoms with E-state index < -0.39 is 5.91 Å². The van der Waals surface area contributed by atoms with Gasteiger partial charge in [0.25, 0.3) is 5.91 Å². The quantitative estimate of drug-likeness (QED) is 0.370. The highest BCUT2D eigenvalue weighted by Crippen LogP contribution is 2.33. The standard InChI is InChI=1S/C24H21Cl2N5O3/c1-30(2)16-5-9-19(10-6-16)34-18-7-3-15(4-8-18)13-27-24(33)23-28-14-31(29-23)17-11-20(25)22(32)21(26)12-17/h3-12,14,32H,13H2,1-2H3,(H,27,33). The average Bonchev–Trinajstić information content (AvgIpc) is 3.32. The maximum atomic E-state index is 12.5. The van der Waals surface area contributed by atoms with Gasteiger partial charge in [0.2, 0.25) is 5.82 Å². The summed E-state index contributed by atoms with van der Waals surface area (Å²) in [4.78, 5) is 18.5. The third-order valence-corrected chi connectivity index (χ3v) is 5.50.